The summed E-state index contributed by atoms with van der Waals surface area (Å²) in [5.74, 6) is 0.605. The molecule has 3 aliphatic heterocycles. The molecule has 11 heteroatoms. The first kappa shape index (κ1) is 27.9. The van der Waals surface area contributed by atoms with Gasteiger partial charge in [0.1, 0.15) is 22.7 Å². The van der Waals surface area contributed by atoms with E-state index in [1.54, 1.807) is 17.0 Å². The van der Waals surface area contributed by atoms with Crippen LogP contribution >= 0.6 is 0 Å². The second-order valence-corrected chi connectivity index (χ2v) is 12.5. The van der Waals surface area contributed by atoms with Crippen molar-refractivity contribution in [1.82, 2.24) is 9.47 Å². The quantitative estimate of drug-likeness (QED) is 0.184. The van der Waals surface area contributed by atoms with Crippen LogP contribution in [-0.2, 0) is 17.8 Å². The maximum Gasteiger partial charge on any atom is 0.336 e. The molecule has 7 rings (SSSR count). The van der Waals surface area contributed by atoms with Crippen LogP contribution in [0.3, 0.4) is 0 Å². The third kappa shape index (κ3) is 4.82. The van der Waals surface area contributed by atoms with Crippen LogP contribution in [0.2, 0.25) is 0 Å². The molecular formula is C33H31N3O8. The summed E-state index contributed by atoms with van der Waals surface area (Å²) in [5, 5.41) is 11.9. The number of nitrogens with zero attached hydrogens (tertiary/aromatic N) is 3. The Balaban J connectivity index is 1.21. The van der Waals surface area contributed by atoms with Crippen LogP contribution in [0.4, 0.5) is 5.69 Å². The van der Waals surface area contributed by atoms with E-state index in [4.69, 9.17) is 13.9 Å². The lowest BCUT2D eigenvalue weighted by Crippen LogP contribution is -2.50. The summed E-state index contributed by atoms with van der Waals surface area (Å²) < 4.78 is 19.8. The normalized spacial score (nSPS) is 19.9. The summed E-state index contributed by atoms with van der Waals surface area (Å²) in [6, 6.07) is 15.6. The SMILES string of the molecule is CC1(C)CCc2c(cc(OCC(=O)N3C[C@@H]4C[C@@H](C3)c3ccc([N+](=O)[O-])c(=O)n3C4)c3c(-c4ccccc4)cc(=O)oc23)O1. The van der Waals surface area contributed by atoms with Crippen molar-refractivity contribution in [3.63, 3.8) is 0 Å². The van der Waals surface area contributed by atoms with Crippen molar-refractivity contribution in [2.45, 2.75) is 51.2 Å². The van der Waals surface area contributed by atoms with Gasteiger partial charge in [-0.1, -0.05) is 30.3 Å². The summed E-state index contributed by atoms with van der Waals surface area (Å²) in [6.07, 6.45) is 2.19. The number of ether oxygens (including phenoxy) is 2. The van der Waals surface area contributed by atoms with Crippen LogP contribution < -0.4 is 20.7 Å². The zero-order valence-corrected chi connectivity index (χ0v) is 24.4. The number of fused-ring (bicyclic) bond motifs is 7. The highest BCUT2D eigenvalue weighted by molar-refractivity contribution is 6.00. The molecule has 1 saturated heterocycles. The van der Waals surface area contributed by atoms with E-state index >= 15 is 0 Å². The van der Waals surface area contributed by atoms with E-state index in [1.807, 2.05) is 44.2 Å². The molecule has 2 aromatic carbocycles. The maximum atomic E-state index is 13.6. The van der Waals surface area contributed by atoms with Gasteiger partial charge in [-0.15, -0.1) is 0 Å². The van der Waals surface area contributed by atoms with Gasteiger partial charge in [-0.25, -0.2) is 4.79 Å². The smallest absolute Gasteiger partial charge is 0.336 e. The van der Waals surface area contributed by atoms with Crippen LogP contribution in [0, 0.1) is 16.0 Å². The van der Waals surface area contributed by atoms with E-state index in [1.165, 1.54) is 16.7 Å². The molecule has 11 nitrogen and oxygen atoms in total. The number of piperidine rings is 1. The molecule has 0 radical (unpaired) electrons. The van der Waals surface area contributed by atoms with Gasteiger partial charge < -0.3 is 23.4 Å². The van der Waals surface area contributed by atoms with Crippen molar-refractivity contribution in [3.05, 3.63) is 96.7 Å². The fraction of sp³-hybridized carbons (Fsp3) is 0.364. The molecule has 44 heavy (non-hydrogen) atoms. The van der Waals surface area contributed by atoms with Crippen LogP contribution in [0.5, 0.6) is 11.5 Å². The Kier molecular flexibility index (Phi) is 6.56. The second-order valence-electron chi connectivity index (χ2n) is 12.5. The zero-order valence-electron chi connectivity index (χ0n) is 24.4. The van der Waals surface area contributed by atoms with Crippen LogP contribution in [0.15, 0.2) is 68.6 Å². The van der Waals surface area contributed by atoms with E-state index in [9.17, 15) is 24.5 Å². The molecule has 3 aliphatic rings. The van der Waals surface area contributed by atoms with E-state index < -0.39 is 27.4 Å². The molecular weight excluding hydrogens is 566 g/mol. The van der Waals surface area contributed by atoms with Crippen molar-refractivity contribution in [1.29, 1.82) is 0 Å². The third-order valence-electron chi connectivity index (χ3n) is 8.97. The first-order valence-corrected chi connectivity index (χ1v) is 14.7. The third-order valence-corrected chi connectivity index (χ3v) is 8.97. The van der Waals surface area contributed by atoms with E-state index in [0.29, 0.717) is 59.8 Å². The fourth-order valence-corrected chi connectivity index (χ4v) is 6.91. The second kappa shape index (κ2) is 10.4. The lowest BCUT2D eigenvalue weighted by molar-refractivity contribution is -0.386. The van der Waals surface area contributed by atoms with E-state index in [2.05, 4.69) is 0 Å². The number of aryl methyl sites for hydroxylation is 1. The van der Waals surface area contributed by atoms with Crippen LogP contribution in [-0.4, -0.2) is 45.6 Å². The summed E-state index contributed by atoms with van der Waals surface area (Å²) in [5.41, 5.74) is 1.42. The minimum atomic E-state index is -0.655. The highest BCUT2D eigenvalue weighted by Crippen LogP contribution is 2.45. The number of aromatic nitrogens is 1. The number of hydrogen-bond donors (Lipinski definition) is 0. The fourth-order valence-electron chi connectivity index (χ4n) is 6.91. The maximum absolute atomic E-state index is 13.6. The number of carbonyl (C=O) groups is 1. The number of nitro groups is 1. The number of pyridine rings is 1. The largest absolute Gasteiger partial charge is 0.487 e. The number of hydrogen-bond acceptors (Lipinski definition) is 8. The molecule has 1 amide bonds. The average molecular weight is 598 g/mol. The molecule has 2 atom stereocenters. The van der Waals surface area contributed by atoms with Crippen molar-refractivity contribution < 1.29 is 23.6 Å². The van der Waals surface area contributed by atoms with Gasteiger partial charge in [-0.05, 0) is 50.7 Å². The van der Waals surface area contributed by atoms with Gasteiger partial charge in [-0.2, -0.15) is 0 Å². The van der Waals surface area contributed by atoms with Crippen LogP contribution in [0.1, 0.15) is 43.9 Å². The predicted octanol–water partition coefficient (Wildman–Crippen LogP) is 4.66. The lowest BCUT2D eigenvalue weighted by Gasteiger charge is -2.42. The van der Waals surface area contributed by atoms with Crippen molar-refractivity contribution >= 4 is 22.6 Å². The molecule has 0 spiro atoms. The highest BCUT2D eigenvalue weighted by atomic mass is 16.6. The molecule has 2 bridgehead atoms. The number of amides is 1. The van der Waals surface area contributed by atoms with Crippen molar-refractivity contribution in [3.8, 4) is 22.6 Å². The van der Waals surface area contributed by atoms with Crippen molar-refractivity contribution in [2.75, 3.05) is 19.7 Å². The standard InChI is InChI=1S/C33H31N3O8/c1-33(2)11-10-22-26(44-33)14-27(30-23(13-29(38)43-31(22)30)20-6-4-3-5-7-20)42-18-28(37)34-15-19-12-21(17-34)24-8-9-25(36(40)41)32(39)35(24)16-19/h3-9,13-14,19,21H,10-12,15-18H2,1-2H3/t19-,21-/m0/s1. The topological polar surface area (TPSA) is 134 Å². The molecule has 5 heterocycles. The number of benzene rings is 2. The minimum absolute atomic E-state index is 0.0101. The van der Waals surface area contributed by atoms with Gasteiger partial charge in [0.05, 0.1) is 10.3 Å². The molecule has 2 aromatic heterocycles. The molecule has 1 fully saturated rings. The first-order chi connectivity index (χ1) is 21.1. The zero-order chi connectivity index (χ0) is 30.7. The van der Waals surface area contributed by atoms with E-state index in [0.717, 1.165) is 24.0 Å². The molecule has 0 N–H and O–H groups in total. The minimum Gasteiger partial charge on any atom is -0.487 e. The molecule has 4 aromatic rings. The highest BCUT2D eigenvalue weighted by Gasteiger charge is 2.38. The van der Waals surface area contributed by atoms with Gasteiger partial charge in [0.2, 0.25) is 0 Å². The van der Waals surface area contributed by atoms with Gasteiger partial charge in [0.15, 0.2) is 6.61 Å². The number of rotatable bonds is 5. The Labute approximate surface area is 251 Å². The summed E-state index contributed by atoms with van der Waals surface area (Å²) in [7, 11) is 0. The van der Waals surface area contributed by atoms with Gasteiger partial charge in [0, 0.05) is 60.6 Å². The Hall–Kier alpha value is -4.93. The molecule has 0 unspecified atom stereocenters. The predicted molar refractivity (Wildman–Crippen MR) is 161 cm³/mol. The van der Waals surface area contributed by atoms with E-state index in [-0.39, 0.29) is 24.3 Å². The summed E-state index contributed by atoms with van der Waals surface area (Å²) in [6.45, 7) is 4.86. The Morgan fingerprint density at radius 2 is 1.89 bits per heavy atom. The van der Waals surface area contributed by atoms with Gasteiger partial charge in [0.25, 0.3) is 5.91 Å². The first-order valence-electron chi connectivity index (χ1n) is 14.7. The molecule has 0 saturated carbocycles. The summed E-state index contributed by atoms with van der Waals surface area (Å²) >= 11 is 0. The van der Waals surface area contributed by atoms with Crippen LogP contribution in [0.25, 0.3) is 22.1 Å². The number of likely N-dealkylation sites (tertiary alicyclic amines) is 1. The molecule has 0 aliphatic carbocycles. The van der Waals surface area contributed by atoms with Crippen molar-refractivity contribution in [2.24, 2.45) is 5.92 Å². The lowest BCUT2D eigenvalue weighted by atomic mass is 9.83. The van der Waals surface area contributed by atoms with Gasteiger partial charge >= 0.3 is 16.9 Å². The van der Waals surface area contributed by atoms with Gasteiger partial charge in [-0.3, -0.25) is 19.7 Å². The average Bonchev–Trinajstić information content (AvgIpc) is 2.99. The Bertz CT molecular complexity index is 1940. The Morgan fingerprint density at radius 1 is 1.09 bits per heavy atom. The molecule has 226 valence electrons. The number of carbonyl (C=O) groups excluding carboxylic acids is 1. The Morgan fingerprint density at radius 3 is 2.66 bits per heavy atom. The monoisotopic (exact) mass is 597 g/mol. The summed E-state index contributed by atoms with van der Waals surface area (Å²) in [4.78, 5) is 51.5.